The van der Waals surface area contributed by atoms with Crippen LogP contribution in [0, 0.1) is 0 Å². The lowest BCUT2D eigenvalue weighted by Gasteiger charge is -2.27. The number of hydrogen-bond donors (Lipinski definition) is 1. The number of hydrogen-bond acceptors (Lipinski definition) is 5. The van der Waals surface area contributed by atoms with Gasteiger partial charge < -0.3 is 9.64 Å². The van der Waals surface area contributed by atoms with Gasteiger partial charge in [-0.1, -0.05) is 6.07 Å². The summed E-state index contributed by atoms with van der Waals surface area (Å²) in [6.07, 6.45) is 3.37. The van der Waals surface area contributed by atoms with Crippen LogP contribution < -0.4 is 4.72 Å². The number of ether oxygens (including phenoxy) is 1. The number of benzene rings is 1. The maximum atomic E-state index is 12.7. The normalized spacial score (nSPS) is 16.5. The first-order valence-corrected chi connectivity index (χ1v) is 9.83. The van der Waals surface area contributed by atoms with Gasteiger partial charge in [0.25, 0.3) is 5.91 Å². The van der Waals surface area contributed by atoms with Crippen molar-refractivity contribution < 1.29 is 17.9 Å². The Hall–Kier alpha value is -2.23. The molecule has 1 fully saturated rings. The van der Waals surface area contributed by atoms with Crippen LogP contribution in [0.1, 0.15) is 28.9 Å². The zero-order valence-corrected chi connectivity index (χ0v) is 15.6. The van der Waals surface area contributed by atoms with Crippen LogP contribution in [0.25, 0.3) is 0 Å². The van der Waals surface area contributed by atoms with E-state index in [1.165, 1.54) is 12.1 Å². The van der Waals surface area contributed by atoms with Gasteiger partial charge in [0.05, 0.1) is 24.3 Å². The molecule has 26 heavy (non-hydrogen) atoms. The molecule has 2 heterocycles. The Morgan fingerprint density at radius 3 is 2.69 bits per heavy atom. The quantitative estimate of drug-likeness (QED) is 0.835. The predicted octanol–water partition coefficient (Wildman–Crippen LogP) is 0.932. The smallest absolute Gasteiger partial charge is 0.254 e. The van der Waals surface area contributed by atoms with Crippen molar-refractivity contribution >= 4 is 15.9 Å². The minimum atomic E-state index is -3.77. The number of amides is 1. The molecule has 1 N–H and O–H groups in total. The lowest BCUT2D eigenvalue weighted by molar-refractivity contribution is 0.0302. The molecule has 3 rings (SSSR count). The number of aromatic nitrogens is 2. The summed E-state index contributed by atoms with van der Waals surface area (Å²) in [5.74, 6) is -0.189. The average Bonchev–Trinajstić information content (AvgIpc) is 3.08. The van der Waals surface area contributed by atoms with Crippen molar-refractivity contribution in [3.05, 3.63) is 47.8 Å². The van der Waals surface area contributed by atoms with Gasteiger partial charge in [0.1, 0.15) is 0 Å². The van der Waals surface area contributed by atoms with Crippen LogP contribution in [0.3, 0.4) is 0 Å². The van der Waals surface area contributed by atoms with Crippen molar-refractivity contribution in [1.82, 2.24) is 19.4 Å². The summed E-state index contributed by atoms with van der Waals surface area (Å²) in [6.45, 7) is 3.75. The summed E-state index contributed by atoms with van der Waals surface area (Å²) >= 11 is 0. The Bertz CT molecular complexity index is 888. The highest BCUT2D eigenvalue weighted by atomic mass is 32.2. The second-order valence-electron chi connectivity index (χ2n) is 6.22. The van der Waals surface area contributed by atoms with Gasteiger partial charge in [-0.15, -0.1) is 0 Å². The molecular weight excluding hydrogens is 356 g/mol. The van der Waals surface area contributed by atoms with E-state index in [2.05, 4.69) is 9.82 Å². The molecular formula is C17H22N4O4S. The summed E-state index contributed by atoms with van der Waals surface area (Å²) < 4.78 is 34.9. The molecule has 1 amide bonds. The van der Waals surface area contributed by atoms with E-state index in [9.17, 15) is 13.2 Å². The van der Waals surface area contributed by atoms with Crippen molar-refractivity contribution in [3.63, 3.8) is 0 Å². The van der Waals surface area contributed by atoms with Crippen LogP contribution >= 0.6 is 0 Å². The number of aryl methyl sites for hydroxylation is 1. The molecule has 8 nitrogen and oxygen atoms in total. The van der Waals surface area contributed by atoms with E-state index < -0.39 is 16.1 Å². The summed E-state index contributed by atoms with van der Waals surface area (Å²) in [4.78, 5) is 14.3. The summed E-state index contributed by atoms with van der Waals surface area (Å²) in [6, 6.07) is 5.66. The molecule has 2 aromatic rings. The number of sulfonamides is 1. The largest absolute Gasteiger partial charge is 0.378 e. The fraction of sp³-hybridized carbons (Fsp3) is 0.412. The first-order chi connectivity index (χ1) is 12.4. The lowest BCUT2D eigenvalue weighted by atomic mass is 10.2. The molecule has 0 saturated carbocycles. The third-order valence-corrected chi connectivity index (χ3v) is 5.78. The molecule has 1 aromatic carbocycles. The van der Waals surface area contributed by atoms with Crippen molar-refractivity contribution in [3.8, 4) is 0 Å². The highest BCUT2D eigenvalue weighted by Gasteiger charge is 2.23. The Morgan fingerprint density at radius 1 is 1.31 bits per heavy atom. The lowest BCUT2D eigenvalue weighted by Crippen LogP contribution is -2.40. The molecule has 1 aliphatic rings. The topological polar surface area (TPSA) is 93.5 Å². The van der Waals surface area contributed by atoms with Crippen LogP contribution in [0.5, 0.6) is 0 Å². The van der Waals surface area contributed by atoms with E-state index in [4.69, 9.17) is 4.74 Å². The molecule has 0 bridgehead atoms. The van der Waals surface area contributed by atoms with E-state index >= 15 is 0 Å². The van der Waals surface area contributed by atoms with E-state index in [0.717, 1.165) is 5.56 Å². The molecule has 1 saturated heterocycles. The molecule has 1 aromatic heterocycles. The van der Waals surface area contributed by atoms with Crippen LogP contribution in [0.4, 0.5) is 0 Å². The third kappa shape index (κ3) is 4.12. The monoisotopic (exact) mass is 378 g/mol. The maximum absolute atomic E-state index is 12.7. The zero-order valence-electron chi connectivity index (χ0n) is 14.8. The molecule has 1 atom stereocenters. The fourth-order valence-corrected chi connectivity index (χ4v) is 4.06. The van der Waals surface area contributed by atoms with Gasteiger partial charge in [-0.25, -0.2) is 13.1 Å². The third-order valence-electron chi connectivity index (χ3n) is 4.25. The number of nitrogens with one attached hydrogen (secondary N) is 1. The first-order valence-electron chi connectivity index (χ1n) is 8.35. The Kier molecular flexibility index (Phi) is 5.40. The van der Waals surface area contributed by atoms with Gasteiger partial charge in [0, 0.05) is 43.5 Å². The molecule has 0 spiro atoms. The number of morpholine rings is 1. The van der Waals surface area contributed by atoms with Gasteiger partial charge in [-0.3, -0.25) is 9.48 Å². The summed E-state index contributed by atoms with van der Waals surface area (Å²) in [7, 11) is -2.00. The SMILES string of the molecule is C[C@@H](NS(=O)(=O)c1cccc(C(=O)N2CCOCC2)c1)c1cnn(C)c1. The van der Waals surface area contributed by atoms with Crippen molar-refractivity contribution in [2.24, 2.45) is 7.05 Å². The Labute approximate surface area is 152 Å². The average molecular weight is 378 g/mol. The van der Waals surface area contributed by atoms with Gasteiger partial charge in [0.2, 0.25) is 10.0 Å². The van der Waals surface area contributed by atoms with E-state index in [1.807, 2.05) is 0 Å². The van der Waals surface area contributed by atoms with Gasteiger partial charge in [-0.2, -0.15) is 5.10 Å². The number of carbonyl (C=O) groups is 1. The second kappa shape index (κ2) is 7.56. The summed E-state index contributed by atoms with van der Waals surface area (Å²) in [5, 5.41) is 4.05. The van der Waals surface area contributed by atoms with Crippen molar-refractivity contribution in [2.45, 2.75) is 17.9 Å². The van der Waals surface area contributed by atoms with Gasteiger partial charge >= 0.3 is 0 Å². The minimum Gasteiger partial charge on any atom is -0.378 e. The molecule has 9 heteroatoms. The van der Waals surface area contributed by atoms with Crippen LogP contribution in [0.15, 0.2) is 41.6 Å². The van der Waals surface area contributed by atoms with Crippen LogP contribution in [-0.4, -0.2) is 55.3 Å². The molecule has 0 unspecified atom stereocenters. The molecule has 0 aliphatic carbocycles. The van der Waals surface area contributed by atoms with Crippen LogP contribution in [0.2, 0.25) is 0 Å². The highest BCUT2D eigenvalue weighted by molar-refractivity contribution is 7.89. The van der Waals surface area contributed by atoms with E-state index in [0.29, 0.717) is 31.9 Å². The standard InChI is InChI=1S/C17H22N4O4S/c1-13(15-11-18-20(2)12-15)19-26(23,24)16-5-3-4-14(10-16)17(22)21-6-8-25-9-7-21/h3-5,10-13,19H,6-9H2,1-2H3/t13-/m1/s1. The number of rotatable bonds is 5. The number of nitrogens with zero attached hydrogens (tertiary/aromatic N) is 3. The Morgan fingerprint density at radius 2 is 2.04 bits per heavy atom. The predicted molar refractivity (Wildman–Crippen MR) is 95.1 cm³/mol. The van der Waals surface area contributed by atoms with Crippen LogP contribution in [-0.2, 0) is 21.8 Å². The summed E-state index contributed by atoms with van der Waals surface area (Å²) in [5.41, 5.74) is 1.11. The fourth-order valence-electron chi connectivity index (χ4n) is 2.78. The van der Waals surface area contributed by atoms with Gasteiger partial charge in [0.15, 0.2) is 0 Å². The van der Waals surface area contributed by atoms with Crippen molar-refractivity contribution in [1.29, 1.82) is 0 Å². The second-order valence-corrected chi connectivity index (χ2v) is 7.94. The Balaban J connectivity index is 1.78. The molecule has 1 aliphatic heterocycles. The first kappa shape index (κ1) is 18.6. The minimum absolute atomic E-state index is 0.0624. The van der Waals surface area contributed by atoms with Gasteiger partial charge in [-0.05, 0) is 25.1 Å². The number of carbonyl (C=O) groups excluding carboxylic acids is 1. The van der Waals surface area contributed by atoms with E-state index in [-0.39, 0.29) is 10.8 Å². The molecule has 0 radical (unpaired) electrons. The zero-order chi connectivity index (χ0) is 18.7. The van der Waals surface area contributed by atoms with Crippen molar-refractivity contribution in [2.75, 3.05) is 26.3 Å². The maximum Gasteiger partial charge on any atom is 0.254 e. The highest BCUT2D eigenvalue weighted by Crippen LogP contribution is 2.18. The van der Waals surface area contributed by atoms with E-state index in [1.54, 1.807) is 48.1 Å². The molecule has 140 valence electrons.